The number of halogens is 2. The molecule has 1 aromatic carbocycles. The molecule has 0 aliphatic rings. The van der Waals surface area contributed by atoms with Crippen LogP contribution in [-0.4, -0.2) is 28.6 Å². The van der Waals surface area contributed by atoms with E-state index in [4.69, 9.17) is 25.8 Å². The van der Waals surface area contributed by atoms with Crippen LogP contribution < -0.4 is 15.0 Å². The second-order valence-electron chi connectivity index (χ2n) is 6.30. The lowest BCUT2D eigenvalue weighted by molar-refractivity contribution is 0.0467. The minimum atomic E-state index is -0.613. The van der Waals surface area contributed by atoms with Crippen molar-refractivity contribution in [1.82, 2.24) is 9.38 Å². The summed E-state index contributed by atoms with van der Waals surface area (Å²) in [4.78, 5) is 29.2. The van der Waals surface area contributed by atoms with Crippen LogP contribution in [-0.2, 0) is 11.3 Å². The summed E-state index contributed by atoms with van der Waals surface area (Å²) in [7, 11) is 0. The molecular weight excluding hydrogens is 476 g/mol. The maximum atomic E-state index is 12.6. The van der Waals surface area contributed by atoms with Gasteiger partial charge in [0.25, 0.3) is 5.56 Å². The molecule has 7 nitrogen and oxygen atoms in total. The van der Waals surface area contributed by atoms with Crippen LogP contribution in [0.25, 0.3) is 5.65 Å². The first-order valence-corrected chi connectivity index (χ1v) is 10.5. The zero-order chi connectivity index (χ0) is 21.7. The third kappa shape index (κ3) is 5.12. The fourth-order valence-corrected chi connectivity index (χ4v) is 3.32. The van der Waals surface area contributed by atoms with E-state index in [9.17, 15) is 9.59 Å². The van der Waals surface area contributed by atoms with Gasteiger partial charge in [-0.15, -0.1) is 0 Å². The average molecular weight is 496 g/mol. The zero-order valence-corrected chi connectivity index (χ0v) is 18.8. The third-order valence-corrected chi connectivity index (χ3v) is 4.77. The quantitative estimate of drug-likeness (QED) is 0.423. The van der Waals surface area contributed by atoms with E-state index in [0.29, 0.717) is 36.1 Å². The van der Waals surface area contributed by atoms with Crippen molar-refractivity contribution in [2.45, 2.75) is 26.9 Å². The summed E-state index contributed by atoms with van der Waals surface area (Å²) in [6, 6.07) is 7.80. The maximum absolute atomic E-state index is 12.6. The maximum Gasteiger partial charge on any atom is 0.338 e. The Labute approximate surface area is 186 Å². The fraction of sp³-hybridized carbons (Fsp3) is 0.286. The van der Waals surface area contributed by atoms with Gasteiger partial charge in [-0.1, -0.05) is 18.5 Å². The van der Waals surface area contributed by atoms with E-state index in [1.807, 2.05) is 13.8 Å². The lowest BCUT2D eigenvalue weighted by atomic mass is 10.2. The molecule has 3 rings (SSSR count). The lowest BCUT2D eigenvalue weighted by Crippen LogP contribution is -2.16. The van der Waals surface area contributed by atoms with Gasteiger partial charge in [0.2, 0.25) is 0 Å². The van der Waals surface area contributed by atoms with Gasteiger partial charge >= 0.3 is 5.97 Å². The predicted molar refractivity (Wildman–Crippen MR) is 117 cm³/mol. The molecule has 0 aliphatic heterocycles. The molecule has 0 unspecified atom stereocenters. The second-order valence-corrected chi connectivity index (χ2v) is 7.63. The standard InChI is InChI=1S/C21H20BrClN2O5/c1-3-7-29-20-16(23)8-13(9-17(20)28-4-2)21(27)30-12-15-10-19(26)25-11-14(22)5-6-18(25)24-15/h5-6,8-11H,3-4,7,12H2,1-2H3. The summed E-state index contributed by atoms with van der Waals surface area (Å²) < 4.78 is 18.7. The molecule has 0 atom stereocenters. The van der Waals surface area contributed by atoms with E-state index in [1.54, 1.807) is 18.3 Å². The Morgan fingerprint density at radius 2 is 2.00 bits per heavy atom. The smallest absolute Gasteiger partial charge is 0.338 e. The molecular formula is C21H20BrClN2O5. The van der Waals surface area contributed by atoms with Crippen LogP contribution in [0.2, 0.25) is 5.02 Å². The number of carbonyl (C=O) groups excluding carboxylic acids is 1. The van der Waals surface area contributed by atoms with Gasteiger partial charge in [-0.2, -0.15) is 0 Å². The van der Waals surface area contributed by atoms with Gasteiger partial charge in [-0.3, -0.25) is 9.20 Å². The zero-order valence-electron chi connectivity index (χ0n) is 16.5. The van der Waals surface area contributed by atoms with E-state index in [1.165, 1.54) is 22.6 Å². The molecule has 0 saturated heterocycles. The van der Waals surface area contributed by atoms with Crippen LogP contribution in [0.3, 0.4) is 0 Å². The van der Waals surface area contributed by atoms with Gasteiger partial charge in [0.15, 0.2) is 11.5 Å². The molecule has 30 heavy (non-hydrogen) atoms. The molecule has 0 aliphatic carbocycles. The van der Waals surface area contributed by atoms with Crippen molar-refractivity contribution in [3.8, 4) is 11.5 Å². The van der Waals surface area contributed by atoms with Crippen molar-refractivity contribution in [1.29, 1.82) is 0 Å². The molecule has 0 spiro atoms. The second kappa shape index (κ2) is 9.95. The number of ether oxygens (including phenoxy) is 3. The number of hydrogen-bond donors (Lipinski definition) is 0. The van der Waals surface area contributed by atoms with Gasteiger partial charge in [-0.25, -0.2) is 9.78 Å². The highest BCUT2D eigenvalue weighted by atomic mass is 79.9. The summed E-state index contributed by atoms with van der Waals surface area (Å²) >= 11 is 9.61. The molecule has 9 heteroatoms. The van der Waals surface area contributed by atoms with Gasteiger partial charge in [0.1, 0.15) is 12.3 Å². The fourth-order valence-electron chi connectivity index (χ4n) is 2.72. The summed E-state index contributed by atoms with van der Waals surface area (Å²) in [6.07, 6.45) is 2.43. The van der Waals surface area contributed by atoms with Crippen molar-refractivity contribution in [3.05, 3.63) is 67.6 Å². The Balaban J connectivity index is 1.80. The summed E-state index contributed by atoms with van der Waals surface area (Å²) in [6.45, 7) is 4.51. The van der Waals surface area contributed by atoms with Gasteiger partial charge in [0.05, 0.1) is 29.5 Å². The van der Waals surface area contributed by atoms with Gasteiger partial charge < -0.3 is 14.2 Å². The number of rotatable bonds is 8. The first-order valence-electron chi connectivity index (χ1n) is 9.37. The van der Waals surface area contributed by atoms with Crippen LogP contribution in [0.4, 0.5) is 0 Å². The number of aromatic nitrogens is 2. The van der Waals surface area contributed by atoms with Crippen LogP contribution in [0.5, 0.6) is 11.5 Å². The Bertz CT molecular complexity index is 1130. The van der Waals surface area contributed by atoms with E-state index in [2.05, 4.69) is 20.9 Å². The van der Waals surface area contributed by atoms with Crippen molar-refractivity contribution >= 4 is 39.1 Å². The molecule has 158 valence electrons. The number of carbonyl (C=O) groups is 1. The first-order chi connectivity index (χ1) is 14.4. The molecule has 0 bridgehead atoms. The van der Waals surface area contributed by atoms with Crippen LogP contribution in [0, 0.1) is 0 Å². The number of esters is 1. The molecule has 0 N–H and O–H groups in total. The first kappa shape index (κ1) is 22.1. The van der Waals surface area contributed by atoms with Crippen LogP contribution in [0.15, 0.2) is 45.8 Å². The van der Waals surface area contributed by atoms with Crippen molar-refractivity contribution < 1.29 is 19.0 Å². The lowest BCUT2D eigenvalue weighted by Gasteiger charge is -2.14. The summed E-state index contributed by atoms with van der Waals surface area (Å²) in [5.74, 6) is 0.156. The molecule has 0 fully saturated rings. The monoisotopic (exact) mass is 494 g/mol. The molecule has 3 aromatic rings. The van der Waals surface area contributed by atoms with Gasteiger partial charge in [-0.05, 0) is 53.5 Å². The SMILES string of the molecule is CCCOc1c(Cl)cc(C(=O)OCc2cc(=O)n3cc(Br)ccc3n2)cc1OCC. The van der Waals surface area contributed by atoms with Gasteiger partial charge in [0, 0.05) is 16.7 Å². The third-order valence-electron chi connectivity index (χ3n) is 4.02. The van der Waals surface area contributed by atoms with E-state index < -0.39 is 5.97 Å². The Morgan fingerprint density at radius 3 is 2.73 bits per heavy atom. The Morgan fingerprint density at radius 1 is 1.20 bits per heavy atom. The molecule has 2 heterocycles. The normalized spacial score (nSPS) is 10.8. The summed E-state index contributed by atoms with van der Waals surface area (Å²) in [5.41, 5.74) is 0.741. The Hall–Kier alpha value is -2.58. The van der Waals surface area contributed by atoms with Crippen molar-refractivity contribution in [2.75, 3.05) is 13.2 Å². The molecule has 0 saturated carbocycles. The minimum Gasteiger partial charge on any atom is -0.490 e. The predicted octanol–water partition coefficient (Wildman–Crippen LogP) is 4.65. The van der Waals surface area contributed by atoms with E-state index >= 15 is 0 Å². The highest BCUT2D eigenvalue weighted by molar-refractivity contribution is 9.10. The number of benzene rings is 1. The topological polar surface area (TPSA) is 79.1 Å². The average Bonchev–Trinajstić information content (AvgIpc) is 2.72. The highest BCUT2D eigenvalue weighted by Crippen LogP contribution is 2.37. The van der Waals surface area contributed by atoms with Crippen LogP contribution in [0.1, 0.15) is 36.3 Å². The van der Waals surface area contributed by atoms with E-state index in [0.717, 1.165) is 10.9 Å². The number of nitrogens with zero attached hydrogens (tertiary/aromatic N) is 2. The van der Waals surface area contributed by atoms with Crippen molar-refractivity contribution in [2.24, 2.45) is 0 Å². The number of hydrogen-bond acceptors (Lipinski definition) is 6. The van der Waals surface area contributed by atoms with Crippen molar-refractivity contribution in [3.63, 3.8) is 0 Å². The minimum absolute atomic E-state index is 0.156. The largest absolute Gasteiger partial charge is 0.490 e. The molecule has 0 amide bonds. The number of pyridine rings is 1. The van der Waals surface area contributed by atoms with Crippen LogP contribution >= 0.6 is 27.5 Å². The Kier molecular flexibility index (Phi) is 7.33. The highest BCUT2D eigenvalue weighted by Gasteiger charge is 2.18. The number of fused-ring (bicyclic) bond motifs is 1. The summed E-state index contributed by atoms with van der Waals surface area (Å²) in [5, 5.41) is 0.258. The van der Waals surface area contributed by atoms with E-state index in [-0.39, 0.29) is 22.8 Å². The molecule has 2 aromatic heterocycles. The molecule has 0 radical (unpaired) electrons.